The Labute approximate surface area is 248 Å². The van der Waals surface area contributed by atoms with E-state index in [-0.39, 0.29) is 35.7 Å². The summed E-state index contributed by atoms with van der Waals surface area (Å²) in [6, 6.07) is -0.175. The molecule has 0 aromatic rings. The minimum Gasteiger partial charge on any atom is -0.481 e. The fourth-order valence-electron chi connectivity index (χ4n) is 7.26. The Morgan fingerprint density at radius 3 is 2.17 bits per heavy atom. The highest BCUT2D eigenvalue weighted by Gasteiger charge is 2.47. The zero-order chi connectivity index (χ0) is 30.1. The average Bonchev–Trinajstić information content (AvgIpc) is 3.58. The van der Waals surface area contributed by atoms with Crippen LogP contribution in [0.1, 0.15) is 137 Å². The first kappa shape index (κ1) is 33.8. The van der Waals surface area contributed by atoms with Crippen LogP contribution in [0.5, 0.6) is 0 Å². The Kier molecular flexibility index (Phi) is 12.5. The van der Waals surface area contributed by atoms with Gasteiger partial charge in [0.15, 0.2) is 5.79 Å². The predicted octanol–water partition coefficient (Wildman–Crippen LogP) is 6.36. The van der Waals surface area contributed by atoms with Gasteiger partial charge in [-0.1, -0.05) is 91.4 Å². The molecule has 3 N–H and O–H groups in total. The number of nitrogens with one attached hydrogen (secondary N) is 2. The minimum absolute atomic E-state index is 0.0197. The van der Waals surface area contributed by atoms with E-state index in [1.165, 1.54) is 44.9 Å². The Morgan fingerprint density at radius 1 is 0.902 bits per heavy atom. The molecule has 3 rings (SSSR count). The maximum Gasteiger partial charge on any atom is 0.308 e. The van der Waals surface area contributed by atoms with E-state index < -0.39 is 29.2 Å². The first-order valence-electron chi connectivity index (χ1n) is 16.5. The molecule has 8 nitrogen and oxygen atoms in total. The summed E-state index contributed by atoms with van der Waals surface area (Å²) in [5.74, 6) is -2.98. The number of ether oxygens (including phenoxy) is 2. The maximum atomic E-state index is 13.7. The second-order valence-corrected chi connectivity index (χ2v) is 14.3. The van der Waals surface area contributed by atoms with Gasteiger partial charge < -0.3 is 25.2 Å². The molecular formula is C33H58N2O6. The van der Waals surface area contributed by atoms with Crippen LogP contribution in [0, 0.1) is 22.7 Å². The molecule has 236 valence electrons. The van der Waals surface area contributed by atoms with Gasteiger partial charge in [0.2, 0.25) is 11.8 Å². The van der Waals surface area contributed by atoms with Crippen LogP contribution in [0.3, 0.4) is 0 Å². The highest BCUT2D eigenvalue weighted by molar-refractivity contribution is 5.84. The summed E-state index contributed by atoms with van der Waals surface area (Å²) in [6.45, 7) is 10.0. The van der Waals surface area contributed by atoms with Crippen molar-refractivity contribution in [3.05, 3.63) is 0 Å². The Morgan fingerprint density at radius 2 is 1.54 bits per heavy atom. The lowest BCUT2D eigenvalue weighted by molar-refractivity contribution is -0.304. The molecule has 3 fully saturated rings. The number of rotatable bonds is 16. The molecule has 3 aliphatic rings. The fraction of sp³-hybridized carbons (Fsp3) is 0.909. The lowest BCUT2D eigenvalue weighted by atomic mass is 9.79. The number of carbonyl (C=O) groups excluding carboxylic acids is 2. The molecule has 8 heteroatoms. The number of carboxylic acids is 1. The number of hydrogen-bond donors (Lipinski definition) is 3. The third-order valence-corrected chi connectivity index (χ3v) is 9.91. The minimum atomic E-state index is -0.932. The molecule has 0 radical (unpaired) electrons. The van der Waals surface area contributed by atoms with E-state index in [2.05, 4.69) is 17.6 Å². The summed E-state index contributed by atoms with van der Waals surface area (Å²) in [5.41, 5.74) is -0.839. The number of carboxylic acid groups (broad SMARTS) is 1. The van der Waals surface area contributed by atoms with Crippen molar-refractivity contribution in [2.75, 3.05) is 13.2 Å². The first-order chi connectivity index (χ1) is 19.4. The van der Waals surface area contributed by atoms with E-state index in [4.69, 9.17) is 9.47 Å². The molecule has 4 atom stereocenters. The molecule has 0 aromatic heterocycles. The van der Waals surface area contributed by atoms with Gasteiger partial charge >= 0.3 is 5.97 Å². The van der Waals surface area contributed by atoms with Gasteiger partial charge in [-0.15, -0.1) is 0 Å². The number of aliphatic carboxylic acids is 1. The van der Waals surface area contributed by atoms with Gasteiger partial charge in [0.25, 0.3) is 0 Å². The molecule has 41 heavy (non-hydrogen) atoms. The number of carbonyl (C=O) groups is 3. The number of unbranched alkanes of at least 4 members (excludes halogenated alkanes) is 7. The predicted molar refractivity (Wildman–Crippen MR) is 160 cm³/mol. The smallest absolute Gasteiger partial charge is 0.308 e. The standard InChI is InChI=1S/C33H58N2O6/c1-6-7-8-9-10-11-12-13-19-33(20-14-15-21-33)30(39)35-26-18-16-17-24(26)25(29(37)38)22-34-28(36)27-31(2,3)23-40-32(4,5)41-27/h24-27H,6-23H2,1-5H3,(H,34,36)(H,35,39)(H,37,38). The maximum absolute atomic E-state index is 13.7. The van der Waals surface area contributed by atoms with Crippen LogP contribution in [0.15, 0.2) is 0 Å². The monoisotopic (exact) mass is 578 g/mol. The van der Waals surface area contributed by atoms with Crippen molar-refractivity contribution in [3.8, 4) is 0 Å². The summed E-state index contributed by atoms with van der Waals surface area (Å²) in [4.78, 5) is 39.4. The topological polar surface area (TPSA) is 114 Å². The Hall–Kier alpha value is -1.67. The normalized spacial score (nSPS) is 27.3. The van der Waals surface area contributed by atoms with Crippen LogP contribution < -0.4 is 10.6 Å². The van der Waals surface area contributed by atoms with Crippen LogP contribution >= 0.6 is 0 Å². The molecule has 2 aliphatic carbocycles. The van der Waals surface area contributed by atoms with E-state index in [1.54, 1.807) is 13.8 Å². The molecule has 2 amide bonds. The third-order valence-electron chi connectivity index (χ3n) is 9.91. The lowest BCUT2D eigenvalue weighted by Gasteiger charge is -2.44. The summed E-state index contributed by atoms with van der Waals surface area (Å²) in [5, 5.41) is 16.4. The van der Waals surface area contributed by atoms with Crippen molar-refractivity contribution < 1.29 is 29.0 Å². The largest absolute Gasteiger partial charge is 0.481 e. The average molecular weight is 579 g/mol. The fourth-order valence-corrected chi connectivity index (χ4v) is 7.26. The number of amides is 2. The van der Waals surface area contributed by atoms with E-state index in [1.807, 2.05) is 13.8 Å². The molecular weight excluding hydrogens is 520 g/mol. The summed E-state index contributed by atoms with van der Waals surface area (Å²) >= 11 is 0. The van der Waals surface area contributed by atoms with Crippen LogP contribution in [0.2, 0.25) is 0 Å². The van der Waals surface area contributed by atoms with E-state index >= 15 is 0 Å². The number of hydrogen-bond acceptors (Lipinski definition) is 5. The second kappa shape index (κ2) is 15.2. The van der Waals surface area contributed by atoms with Crippen molar-refractivity contribution in [1.29, 1.82) is 0 Å². The van der Waals surface area contributed by atoms with Gasteiger partial charge in [-0.25, -0.2) is 0 Å². The van der Waals surface area contributed by atoms with Crippen molar-refractivity contribution in [3.63, 3.8) is 0 Å². The molecule has 0 bridgehead atoms. The van der Waals surface area contributed by atoms with Crippen molar-refractivity contribution in [1.82, 2.24) is 10.6 Å². The van der Waals surface area contributed by atoms with Gasteiger partial charge in [-0.2, -0.15) is 0 Å². The molecule has 0 aromatic carbocycles. The van der Waals surface area contributed by atoms with Crippen LogP contribution in [0.4, 0.5) is 0 Å². The third kappa shape index (κ3) is 9.41. The quantitative estimate of drug-likeness (QED) is 0.184. The highest BCUT2D eigenvalue weighted by atomic mass is 16.7. The molecule has 2 saturated carbocycles. The van der Waals surface area contributed by atoms with Gasteiger partial charge in [-0.3, -0.25) is 14.4 Å². The van der Waals surface area contributed by atoms with Gasteiger partial charge in [-0.05, 0) is 51.9 Å². The van der Waals surface area contributed by atoms with Crippen molar-refractivity contribution in [2.45, 2.75) is 155 Å². The molecule has 1 aliphatic heterocycles. The SMILES string of the molecule is CCCCCCCCCCC1(C(=O)NC2CCCC2C(CNC(=O)C2OC(C)(C)OCC2(C)C)C(=O)O)CCCC1. The van der Waals surface area contributed by atoms with Crippen molar-refractivity contribution >= 4 is 17.8 Å². The first-order valence-corrected chi connectivity index (χ1v) is 16.5. The molecule has 4 unspecified atom stereocenters. The molecule has 1 saturated heterocycles. The van der Waals surface area contributed by atoms with E-state index in [0.717, 1.165) is 57.8 Å². The van der Waals surface area contributed by atoms with Crippen LogP contribution in [0.25, 0.3) is 0 Å². The zero-order valence-corrected chi connectivity index (χ0v) is 26.5. The Balaban J connectivity index is 1.55. The lowest BCUT2D eigenvalue weighted by Crippen LogP contribution is -2.57. The highest BCUT2D eigenvalue weighted by Crippen LogP contribution is 2.44. The summed E-state index contributed by atoms with van der Waals surface area (Å²) in [7, 11) is 0. The van der Waals surface area contributed by atoms with Crippen LogP contribution in [-0.2, 0) is 23.9 Å². The van der Waals surface area contributed by atoms with Gasteiger partial charge in [0.05, 0.1) is 12.5 Å². The van der Waals surface area contributed by atoms with Gasteiger partial charge in [0.1, 0.15) is 6.10 Å². The van der Waals surface area contributed by atoms with Crippen LogP contribution in [-0.4, -0.2) is 54.0 Å². The van der Waals surface area contributed by atoms with Crippen molar-refractivity contribution in [2.24, 2.45) is 22.7 Å². The van der Waals surface area contributed by atoms with Gasteiger partial charge in [0, 0.05) is 23.4 Å². The molecule has 0 spiro atoms. The summed E-state index contributed by atoms with van der Waals surface area (Å²) in [6.07, 6.45) is 16.6. The summed E-state index contributed by atoms with van der Waals surface area (Å²) < 4.78 is 11.7. The van der Waals surface area contributed by atoms with E-state index in [9.17, 15) is 19.5 Å². The van der Waals surface area contributed by atoms with E-state index in [0.29, 0.717) is 6.61 Å². The molecule has 1 heterocycles. The second-order valence-electron chi connectivity index (χ2n) is 14.3. The Bertz CT molecular complexity index is 866. The zero-order valence-electron chi connectivity index (χ0n) is 26.5.